The molecular formula is C18H35N3. The summed E-state index contributed by atoms with van der Waals surface area (Å²) in [5.41, 5.74) is 9.83. The fraction of sp³-hybridized carbons (Fsp3) is 0.833. The summed E-state index contributed by atoms with van der Waals surface area (Å²) in [4.78, 5) is 0. The van der Waals surface area contributed by atoms with Gasteiger partial charge in [-0.25, -0.2) is 0 Å². The normalized spacial score (nSPS) is 12.8. The van der Waals surface area contributed by atoms with Crippen LogP contribution in [0.4, 0.5) is 0 Å². The lowest BCUT2D eigenvalue weighted by molar-refractivity contribution is 0.511. The number of rotatable bonds is 11. The van der Waals surface area contributed by atoms with E-state index in [1.54, 1.807) is 0 Å². The van der Waals surface area contributed by atoms with Crippen molar-refractivity contribution in [1.29, 1.82) is 0 Å². The minimum atomic E-state index is 0.136. The van der Waals surface area contributed by atoms with Crippen LogP contribution in [0.2, 0.25) is 0 Å². The van der Waals surface area contributed by atoms with Crippen LogP contribution in [0.15, 0.2) is 0 Å². The van der Waals surface area contributed by atoms with Crippen LogP contribution < -0.4 is 5.73 Å². The van der Waals surface area contributed by atoms with Crippen molar-refractivity contribution >= 4 is 0 Å². The number of aromatic nitrogens is 2. The predicted molar refractivity (Wildman–Crippen MR) is 91.5 cm³/mol. The Morgan fingerprint density at radius 2 is 1.52 bits per heavy atom. The molecule has 0 amide bonds. The van der Waals surface area contributed by atoms with Gasteiger partial charge in [0.05, 0.1) is 5.69 Å². The van der Waals surface area contributed by atoms with Gasteiger partial charge in [0, 0.05) is 23.8 Å². The van der Waals surface area contributed by atoms with Crippen LogP contribution in [-0.2, 0) is 6.54 Å². The molecule has 2 N–H and O–H groups in total. The molecule has 0 aliphatic carbocycles. The molecule has 1 rings (SSSR count). The number of nitrogens with two attached hydrogens (primary N) is 1. The zero-order chi connectivity index (χ0) is 15.7. The first-order valence-corrected chi connectivity index (χ1v) is 8.91. The Labute approximate surface area is 131 Å². The van der Waals surface area contributed by atoms with E-state index in [0.717, 1.165) is 18.7 Å². The van der Waals surface area contributed by atoms with Gasteiger partial charge in [0.25, 0.3) is 0 Å². The zero-order valence-electron chi connectivity index (χ0n) is 14.6. The summed E-state index contributed by atoms with van der Waals surface area (Å²) < 4.78 is 2.16. The van der Waals surface area contributed by atoms with Crippen LogP contribution in [0.25, 0.3) is 0 Å². The lowest BCUT2D eigenvalue weighted by Gasteiger charge is -2.10. The third-order valence-electron chi connectivity index (χ3n) is 4.47. The van der Waals surface area contributed by atoms with Gasteiger partial charge in [0.2, 0.25) is 0 Å². The molecule has 1 atom stereocenters. The van der Waals surface area contributed by atoms with E-state index in [2.05, 4.69) is 37.5 Å². The molecule has 0 saturated heterocycles. The number of aryl methyl sites for hydroxylation is 2. The van der Waals surface area contributed by atoms with Gasteiger partial charge in [-0.1, -0.05) is 58.8 Å². The summed E-state index contributed by atoms with van der Waals surface area (Å²) in [7, 11) is 0. The fourth-order valence-corrected chi connectivity index (χ4v) is 3.06. The first-order chi connectivity index (χ1) is 10.1. The zero-order valence-corrected chi connectivity index (χ0v) is 14.6. The molecule has 3 nitrogen and oxygen atoms in total. The van der Waals surface area contributed by atoms with E-state index in [4.69, 9.17) is 5.73 Å². The molecule has 122 valence electrons. The van der Waals surface area contributed by atoms with E-state index in [0.29, 0.717) is 0 Å². The first-order valence-electron chi connectivity index (χ1n) is 8.91. The molecule has 1 heterocycles. The van der Waals surface area contributed by atoms with E-state index in [1.807, 2.05) is 0 Å². The molecule has 0 bridgehead atoms. The van der Waals surface area contributed by atoms with E-state index in [1.165, 1.54) is 62.6 Å². The van der Waals surface area contributed by atoms with Gasteiger partial charge in [-0.2, -0.15) is 5.10 Å². The largest absolute Gasteiger partial charge is 0.324 e. The number of unbranched alkanes of at least 4 members (excludes halogenated alkanes) is 7. The molecule has 0 aliphatic rings. The molecule has 1 unspecified atom stereocenters. The third-order valence-corrected chi connectivity index (χ3v) is 4.47. The molecule has 0 spiro atoms. The molecular weight excluding hydrogens is 258 g/mol. The first kappa shape index (κ1) is 18.2. The van der Waals surface area contributed by atoms with Crippen molar-refractivity contribution in [3.8, 4) is 0 Å². The smallest absolute Gasteiger partial charge is 0.0644 e. The van der Waals surface area contributed by atoms with E-state index < -0.39 is 0 Å². The second-order valence-electron chi connectivity index (χ2n) is 6.30. The topological polar surface area (TPSA) is 43.8 Å². The maximum atomic E-state index is 6.19. The monoisotopic (exact) mass is 293 g/mol. The maximum Gasteiger partial charge on any atom is 0.0644 e. The van der Waals surface area contributed by atoms with Crippen molar-refractivity contribution in [2.45, 2.75) is 98.1 Å². The molecule has 0 aliphatic heterocycles. The number of hydrogen-bond donors (Lipinski definition) is 1. The van der Waals surface area contributed by atoms with Crippen LogP contribution in [0, 0.1) is 13.8 Å². The van der Waals surface area contributed by atoms with Crippen LogP contribution in [0.3, 0.4) is 0 Å². The van der Waals surface area contributed by atoms with E-state index in [-0.39, 0.29) is 6.04 Å². The maximum absolute atomic E-state index is 6.19. The Kier molecular flexibility index (Phi) is 8.67. The van der Waals surface area contributed by atoms with Gasteiger partial charge in [-0.15, -0.1) is 0 Å². The Morgan fingerprint density at radius 3 is 2.10 bits per heavy atom. The highest BCUT2D eigenvalue weighted by Gasteiger charge is 2.16. The van der Waals surface area contributed by atoms with Crippen LogP contribution >= 0.6 is 0 Å². The summed E-state index contributed by atoms with van der Waals surface area (Å²) >= 11 is 0. The minimum absolute atomic E-state index is 0.136. The van der Waals surface area contributed by atoms with Crippen LogP contribution in [-0.4, -0.2) is 9.78 Å². The Bertz CT molecular complexity index is 395. The molecule has 0 fully saturated rings. The second-order valence-corrected chi connectivity index (χ2v) is 6.30. The number of nitrogens with zero attached hydrogens (tertiary/aromatic N) is 2. The number of hydrogen-bond acceptors (Lipinski definition) is 2. The van der Waals surface area contributed by atoms with Crippen LogP contribution in [0.5, 0.6) is 0 Å². The third kappa shape index (κ3) is 5.82. The lowest BCUT2D eigenvalue weighted by atomic mass is 10.0. The quantitative estimate of drug-likeness (QED) is 0.580. The molecule has 0 aromatic carbocycles. The lowest BCUT2D eigenvalue weighted by Crippen LogP contribution is -2.11. The summed E-state index contributed by atoms with van der Waals surface area (Å²) in [5, 5.41) is 4.67. The fourth-order valence-electron chi connectivity index (χ4n) is 3.06. The van der Waals surface area contributed by atoms with Crippen molar-refractivity contribution in [3.63, 3.8) is 0 Å². The van der Waals surface area contributed by atoms with E-state index >= 15 is 0 Å². The van der Waals surface area contributed by atoms with Gasteiger partial charge in [0.15, 0.2) is 0 Å². The van der Waals surface area contributed by atoms with Crippen molar-refractivity contribution in [1.82, 2.24) is 9.78 Å². The Balaban J connectivity index is 2.30. The summed E-state index contributed by atoms with van der Waals surface area (Å²) in [5.74, 6) is 0. The highest BCUT2D eigenvalue weighted by atomic mass is 15.3. The molecule has 21 heavy (non-hydrogen) atoms. The summed E-state index contributed by atoms with van der Waals surface area (Å²) in [6, 6.07) is 0.136. The molecule has 1 aromatic heterocycles. The van der Waals surface area contributed by atoms with Crippen molar-refractivity contribution in [2.24, 2.45) is 5.73 Å². The standard InChI is InChI=1S/C18H35N3/c1-5-7-8-9-10-11-12-13-14-21-16(4)18(15(3)20-21)17(19)6-2/h17H,5-14,19H2,1-4H3. The second kappa shape index (κ2) is 9.99. The minimum Gasteiger partial charge on any atom is -0.324 e. The SMILES string of the molecule is CCCCCCCCCCn1nc(C)c(C(N)CC)c1C. The molecule has 3 heteroatoms. The van der Waals surface area contributed by atoms with Gasteiger partial charge < -0.3 is 5.73 Å². The molecule has 0 saturated carbocycles. The van der Waals surface area contributed by atoms with E-state index in [9.17, 15) is 0 Å². The average Bonchev–Trinajstić information content (AvgIpc) is 2.75. The van der Waals surface area contributed by atoms with Gasteiger partial charge in [0.1, 0.15) is 0 Å². The Morgan fingerprint density at radius 1 is 0.952 bits per heavy atom. The van der Waals surface area contributed by atoms with Crippen molar-refractivity contribution in [2.75, 3.05) is 0 Å². The highest BCUT2D eigenvalue weighted by Crippen LogP contribution is 2.22. The Hall–Kier alpha value is -0.830. The highest BCUT2D eigenvalue weighted by molar-refractivity contribution is 5.27. The van der Waals surface area contributed by atoms with Crippen molar-refractivity contribution < 1.29 is 0 Å². The summed E-state index contributed by atoms with van der Waals surface area (Å²) in [6.07, 6.45) is 11.8. The van der Waals surface area contributed by atoms with Crippen LogP contribution in [0.1, 0.15) is 94.6 Å². The predicted octanol–water partition coefficient (Wildman–Crippen LogP) is 5.05. The molecule has 1 aromatic rings. The molecule has 0 radical (unpaired) electrons. The van der Waals surface area contributed by atoms with Crippen molar-refractivity contribution in [3.05, 3.63) is 17.0 Å². The van der Waals surface area contributed by atoms with Gasteiger partial charge >= 0.3 is 0 Å². The summed E-state index contributed by atoms with van der Waals surface area (Å²) in [6.45, 7) is 9.70. The van der Waals surface area contributed by atoms with Gasteiger partial charge in [-0.05, 0) is 26.7 Å². The average molecular weight is 293 g/mol. The van der Waals surface area contributed by atoms with Gasteiger partial charge in [-0.3, -0.25) is 4.68 Å².